The molecule has 1 aromatic heterocycles. The lowest BCUT2D eigenvalue weighted by atomic mass is 9.95. The molecule has 15 heavy (non-hydrogen) atoms. The molecule has 0 saturated carbocycles. The first kappa shape index (κ1) is 10.1. The molecule has 78 valence electrons. The van der Waals surface area contributed by atoms with Crippen LogP contribution in [0.15, 0.2) is 24.5 Å². The van der Waals surface area contributed by atoms with Gasteiger partial charge in [-0.25, -0.2) is 0 Å². The summed E-state index contributed by atoms with van der Waals surface area (Å²) in [5.74, 6) is -0.230. The van der Waals surface area contributed by atoms with E-state index in [0.29, 0.717) is 6.61 Å². The first-order chi connectivity index (χ1) is 7.42. The maximum atomic E-state index is 9.15. The van der Waals surface area contributed by atoms with Crippen molar-refractivity contribution in [3.05, 3.63) is 30.1 Å². The summed E-state index contributed by atoms with van der Waals surface area (Å²) in [6.07, 6.45) is 3.37. The maximum absolute atomic E-state index is 9.15. The lowest BCUT2D eigenvalue weighted by molar-refractivity contribution is 0.0213. The average molecular weight is 203 g/mol. The van der Waals surface area contributed by atoms with E-state index in [1.165, 1.54) is 0 Å². The van der Waals surface area contributed by atoms with Crippen molar-refractivity contribution >= 4 is 0 Å². The second-order valence-corrected chi connectivity index (χ2v) is 3.51. The average Bonchev–Trinajstić information content (AvgIpc) is 2.33. The summed E-state index contributed by atoms with van der Waals surface area (Å²) in [6.45, 7) is 2.26. The Morgan fingerprint density at radius 1 is 1.67 bits per heavy atom. The molecule has 0 aliphatic carbocycles. The number of aromatic nitrogens is 1. The summed E-state index contributed by atoms with van der Waals surface area (Å²) in [5.41, 5.74) is 0.925. The predicted molar refractivity (Wildman–Crippen MR) is 55.2 cm³/mol. The minimum absolute atomic E-state index is 0.0621. The molecule has 0 radical (unpaired) electrons. The van der Waals surface area contributed by atoms with Crippen molar-refractivity contribution in [3.8, 4) is 6.07 Å². The van der Waals surface area contributed by atoms with Gasteiger partial charge in [0.1, 0.15) is 5.92 Å². The van der Waals surface area contributed by atoms with Crippen LogP contribution in [0.1, 0.15) is 11.5 Å². The Morgan fingerprint density at radius 2 is 2.60 bits per heavy atom. The highest BCUT2D eigenvalue weighted by atomic mass is 16.5. The van der Waals surface area contributed by atoms with Crippen LogP contribution in [0, 0.1) is 11.3 Å². The van der Waals surface area contributed by atoms with Gasteiger partial charge in [-0.2, -0.15) is 5.26 Å². The van der Waals surface area contributed by atoms with Crippen LogP contribution in [0.25, 0.3) is 0 Å². The van der Waals surface area contributed by atoms with E-state index >= 15 is 0 Å². The van der Waals surface area contributed by atoms with Crippen LogP contribution < -0.4 is 5.32 Å². The fourth-order valence-corrected chi connectivity index (χ4v) is 1.73. The van der Waals surface area contributed by atoms with E-state index in [1.807, 2.05) is 12.1 Å². The maximum Gasteiger partial charge on any atom is 0.100 e. The largest absolute Gasteiger partial charge is 0.374 e. The van der Waals surface area contributed by atoms with Crippen molar-refractivity contribution in [3.63, 3.8) is 0 Å². The van der Waals surface area contributed by atoms with Gasteiger partial charge in [-0.3, -0.25) is 4.98 Å². The van der Waals surface area contributed by atoms with E-state index in [9.17, 15) is 0 Å². The molecule has 2 unspecified atom stereocenters. The Balaban J connectivity index is 2.14. The van der Waals surface area contributed by atoms with Gasteiger partial charge in [0.2, 0.25) is 0 Å². The summed E-state index contributed by atoms with van der Waals surface area (Å²) in [4.78, 5) is 4.02. The molecule has 0 bridgehead atoms. The third-order valence-electron chi connectivity index (χ3n) is 2.51. The van der Waals surface area contributed by atoms with Gasteiger partial charge in [-0.15, -0.1) is 0 Å². The van der Waals surface area contributed by atoms with E-state index < -0.39 is 0 Å². The molecule has 1 N–H and O–H groups in total. The van der Waals surface area contributed by atoms with Gasteiger partial charge in [0.25, 0.3) is 0 Å². The molecule has 4 nitrogen and oxygen atoms in total. The van der Waals surface area contributed by atoms with E-state index in [4.69, 9.17) is 10.00 Å². The SMILES string of the molecule is N#CC(c1cccnc1)C1CNCCO1. The fraction of sp³-hybridized carbons (Fsp3) is 0.455. The number of rotatable bonds is 2. The summed E-state index contributed by atoms with van der Waals surface area (Å²) < 4.78 is 5.57. The summed E-state index contributed by atoms with van der Waals surface area (Å²) in [7, 11) is 0. The molecule has 1 aliphatic heterocycles. The molecule has 1 aliphatic rings. The minimum atomic E-state index is -0.230. The van der Waals surface area contributed by atoms with Crippen LogP contribution in [0.5, 0.6) is 0 Å². The molecule has 0 spiro atoms. The monoisotopic (exact) mass is 203 g/mol. The first-order valence-corrected chi connectivity index (χ1v) is 5.03. The van der Waals surface area contributed by atoms with Crippen molar-refractivity contribution < 1.29 is 4.74 Å². The standard InChI is InChI=1S/C11H13N3O/c12-6-10(9-2-1-3-13-7-9)11-8-14-4-5-15-11/h1-3,7,10-11,14H,4-5,8H2. The quantitative estimate of drug-likeness (QED) is 0.767. The van der Waals surface area contributed by atoms with E-state index in [2.05, 4.69) is 16.4 Å². The van der Waals surface area contributed by atoms with Gasteiger partial charge < -0.3 is 10.1 Å². The molecule has 1 saturated heterocycles. The van der Waals surface area contributed by atoms with Crippen molar-refractivity contribution in [2.45, 2.75) is 12.0 Å². The van der Waals surface area contributed by atoms with Crippen molar-refractivity contribution in [1.29, 1.82) is 5.26 Å². The Hall–Kier alpha value is -1.44. The Labute approximate surface area is 88.9 Å². The number of morpholine rings is 1. The number of hydrogen-bond acceptors (Lipinski definition) is 4. The number of hydrogen-bond donors (Lipinski definition) is 1. The second kappa shape index (κ2) is 4.87. The molecule has 0 aromatic carbocycles. The topological polar surface area (TPSA) is 57.9 Å². The van der Waals surface area contributed by atoms with Gasteiger partial charge in [-0.05, 0) is 11.6 Å². The van der Waals surface area contributed by atoms with Crippen LogP contribution in [0.3, 0.4) is 0 Å². The van der Waals surface area contributed by atoms with Gasteiger partial charge in [0.15, 0.2) is 0 Å². The molecule has 0 amide bonds. The lowest BCUT2D eigenvalue weighted by Crippen LogP contribution is -2.41. The van der Waals surface area contributed by atoms with Gasteiger partial charge in [-0.1, -0.05) is 6.07 Å². The Bertz CT molecular complexity index is 341. The zero-order chi connectivity index (χ0) is 10.5. The third-order valence-corrected chi connectivity index (χ3v) is 2.51. The molecule has 1 aromatic rings. The zero-order valence-electron chi connectivity index (χ0n) is 8.39. The summed E-state index contributed by atoms with van der Waals surface area (Å²) in [6, 6.07) is 6.04. The van der Waals surface area contributed by atoms with E-state index in [0.717, 1.165) is 18.7 Å². The van der Waals surface area contributed by atoms with E-state index in [-0.39, 0.29) is 12.0 Å². The summed E-state index contributed by atoms with van der Waals surface area (Å²) in [5, 5.41) is 12.4. The van der Waals surface area contributed by atoms with Crippen molar-refractivity contribution in [2.75, 3.05) is 19.7 Å². The zero-order valence-corrected chi connectivity index (χ0v) is 8.39. The van der Waals surface area contributed by atoms with Gasteiger partial charge in [0.05, 0.1) is 18.8 Å². The van der Waals surface area contributed by atoms with Crippen molar-refractivity contribution in [1.82, 2.24) is 10.3 Å². The number of nitrogens with zero attached hydrogens (tertiary/aromatic N) is 2. The summed E-state index contributed by atoms with van der Waals surface area (Å²) >= 11 is 0. The van der Waals surface area contributed by atoms with Gasteiger partial charge >= 0.3 is 0 Å². The Morgan fingerprint density at radius 3 is 3.20 bits per heavy atom. The molecule has 1 fully saturated rings. The third kappa shape index (κ3) is 2.32. The number of nitrogens with one attached hydrogen (secondary N) is 1. The van der Waals surface area contributed by atoms with Crippen LogP contribution in [0.2, 0.25) is 0 Å². The molecule has 2 heterocycles. The highest BCUT2D eigenvalue weighted by Gasteiger charge is 2.25. The number of pyridine rings is 1. The van der Waals surface area contributed by atoms with E-state index in [1.54, 1.807) is 12.4 Å². The number of ether oxygens (including phenoxy) is 1. The van der Waals surface area contributed by atoms with Crippen LogP contribution in [-0.2, 0) is 4.74 Å². The lowest BCUT2D eigenvalue weighted by Gasteiger charge is -2.27. The smallest absolute Gasteiger partial charge is 0.100 e. The van der Waals surface area contributed by atoms with Crippen LogP contribution in [0.4, 0.5) is 0 Å². The van der Waals surface area contributed by atoms with Crippen molar-refractivity contribution in [2.24, 2.45) is 0 Å². The highest BCUT2D eigenvalue weighted by Crippen LogP contribution is 2.21. The fourth-order valence-electron chi connectivity index (χ4n) is 1.73. The molecular weight excluding hydrogens is 190 g/mol. The first-order valence-electron chi connectivity index (χ1n) is 5.03. The molecule has 2 atom stereocenters. The van der Waals surface area contributed by atoms with Crippen LogP contribution >= 0.6 is 0 Å². The molecule has 2 rings (SSSR count). The molecular formula is C11H13N3O. The second-order valence-electron chi connectivity index (χ2n) is 3.51. The van der Waals surface area contributed by atoms with Crippen LogP contribution in [-0.4, -0.2) is 30.8 Å². The Kier molecular flexibility index (Phi) is 3.28. The minimum Gasteiger partial charge on any atom is -0.374 e. The normalized spacial score (nSPS) is 23.0. The molecule has 4 heteroatoms. The number of nitriles is 1. The highest BCUT2D eigenvalue weighted by molar-refractivity contribution is 5.23. The predicted octanol–water partition coefficient (Wildman–Crippen LogP) is 0.677. The van der Waals surface area contributed by atoms with Gasteiger partial charge in [0, 0.05) is 25.5 Å².